The summed E-state index contributed by atoms with van der Waals surface area (Å²) in [6.07, 6.45) is 0. The molecule has 0 amide bonds. The molecular weight excluding hydrogens is 420 g/mol. The van der Waals surface area contributed by atoms with Gasteiger partial charge in [0.25, 0.3) is 0 Å². The molecule has 6 nitrogen and oxygen atoms in total. The Morgan fingerprint density at radius 2 is 0.676 bits per heavy atom. The minimum atomic E-state index is 0.440. The fraction of sp³-hybridized carbons (Fsp3) is 0. The van der Waals surface area contributed by atoms with Gasteiger partial charge in [0.1, 0.15) is 0 Å². The van der Waals surface area contributed by atoms with Crippen molar-refractivity contribution in [3.8, 4) is 0 Å². The summed E-state index contributed by atoms with van der Waals surface area (Å²) in [4.78, 5) is 6.31. The lowest BCUT2D eigenvalue weighted by atomic mass is 9.86. The molecule has 0 N–H and O–H groups in total. The highest BCUT2D eigenvalue weighted by molar-refractivity contribution is 6.21. The average Bonchev–Trinajstić information content (AvgIpc) is 2.92. The molecule has 4 aromatic rings. The third kappa shape index (κ3) is 4.90. The summed E-state index contributed by atoms with van der Waals surface area (Å²) < 4.78 is 0. The molecule has 0 radical (unpaired) electrons. The van der Waals surface area contributed by atoms with Gasteiger partial charge in [-0.05, 0) is 33.3 Å². The molecule has 0 saturated heterocycles. The van der Waals surface area contributed by atoms with Crippen molar-refractivity contribution in [1.82, 2.24) is 0 Å². The molecule has 0 spiro atoms. The van der Waals surface area contributed by atoms with Crippen LogP contribution in [0.15, 0.2) is 132 Å². The van der Waals surface area contributed by atoms with Gasteiger partial charge in [0.2, 0.25) is 0 Å². The number of rotatable bonds is 7. The Hall–Kier alpha value is -5.02. The van der Waals surface area contributed by atoms with E-state index in [-0.39, 0.29) is 0 Å². The quantitative estimate of drug-likeness (QED) is 0.0902. The van der Waals surface area contributed by atoms with Crippen LogP contribution in [0.2, 0.25) is 0 Å². The van der Waals surface area contributed by atoms with Crippen molar-refractivity contribution in [3.63, 3.8) is 0 Å². The molecule has 4 aromatic carbocycles. The zero-order valence-electron chi connectivity index (χ0n) is 18.2. The Kier molecular flexibility index (Phi) is 7.19. The first kappa shape index (κ1) is 22.2. The van der Waals surface area contributed by atoms with Gasteiger partial charge in [-0.2, -0.15) is 0 Å². The molecule has 0 aliphatic heterocycles. The van der Waals surface area contributed by atoms with Crippen LogP contribution < -0.4 is 0 Å². The minimum absolute atomic E-state index is 0.440. The van der Waals surface area contributed by atoms with Gasteiger partial charge in [-0.25, -0.2) is 0 Å². The first-order chi connectivity index (χ1) is 16.8. The van der Waals surface area contributed by atoms with Crippen LogP contribution in [0.25, 0.3) is 43.4 Å². The molecule has 0 unspecified atom stereocenters. The first-order valence-electron chi connectivity index (χ1n) is 10.6. The van der Waals surface area contributed by atoms with Crippen molar-refractivity contribution in [2.24, 2.45) is 10.2 Å². The predicted octanol–water partition coefficient (Wildman–Crippen LogP) is 8.74. The van der Waals surface area contributed by atoms with E-state index < -0.39 is 0 Å². The topological polar surface area (TPSA) is 97.5 Å². The fourth-order valence-electron chi connectivity index (χ4n) is 3.79. The van der Waals surface area contributed by atoms with Gasteiger partial charge in [0.15, 0.2) is 0 Å². The largest absolute Gasteiger partial charge is 0.0622 e. The van der Waals surface area contributed by atoms with Crippen molar-refractivity contribution < 1.29 is 0 Å². The van der Waals surface area contributed by atoms with Crippen LogP contribution in [0.1, 0.15) is 22.3 Å². The predicted molar refractivity (Wildman–Crippen MR) is 138 cm³/mol. The Balaban J connectivity index is 2.24. The van der Waals surface area contributed by atoms with E-state index >= 15 is 0 Å². The molecule has 0 aliphatic carbocycles. The highest BCUT2D eigenvalue weighted by Gasteiger charge is 2.21. The second kappa shape index (κ2) is 11.0. The van der Waals surface area contributed by atoms with Crippen LogP contribution >= 0.6 is 0 Å². The Labute approximate surface area is 197 Å². The average molecular weight is 441 g/mol. The van der Waals surface area contributed by atoms with E-state index in [0.29, 0.717) is 22.5 Å². The van der Waals surface area contributed by atoms with Crippen LogP contribution in [0, 0.1) is 0 Å². The lowest BCUT2D eigenvalue weighted by Crippen LogP contribution is -1.99. The maximum Gasteiger partial charge on any atom is 0.0532 e. The second-order valence-corrected chi connectivity index (χ2v) is 7.29. The molecule has 0 fully saturated rings. The van der Waals surface area contributed by atoms with Gasteiger partial charge in [-0.3, -0.25) is 0 Å². The summed E-state index contributed by atoms with van der Waals surface area (Å²) in [6, 6.07) is 38.3. The van der Waals surface area contributed by atoms with Gasteiger partial charge < -0.3 is 0 Å². The summed E-state index contributed by atoms with van der Waals surface area (Å²) in [5, 5.41) is 8.29. The van der Waals surface area contributed by atoms with Crippen LogP contribution in [0.3, 0.4) is 0 Å². The molecule has 6 heteroatoms. The molecule has 0 atom stereocenters. The normalized spacial score (nSPS) is 11.9. The molecule has 0 saturated carbocycles. The Bertz CT molecular complexity index is 1300. The number of azide groups is 2. The van der Waals surface area contributed by atoms with E-state index in [4.69, 9.17) is 0 Å². The standard InChI is InChI=1S/C28H20N6/c29-33-31-27(23-17-9-3-10-18-23)25(21-13-5-1-6-14-21)26(22-15-7-2-8-16-22)28(32-34-30)24-19-11-4-12-20-24/h1-20H/b27-25+,28-26+. The molecule has 162 valence electrons. The molecule has 0 bridgehead atoms. The SMILES string of the molecule is [N-]=[N+]=N/C(=C(/C(=C(/N=[N+]=[N-])c1ccccc1)c1ccccc1)c1ccccc1)c1ccccc1. The van der Waals surface area contributed by atoms with E-state index in [1.165, 1.54) is 0 Å². The maximum absolute atomic E-state index is 9.53. The Morgan fingerprint density at radius 1 is 0.412 bits per heavy atom. The summed E-state index contributed by atoms with van der Waals surface area (Å²) in [7, 11) is 0. The third-order valence-corrected chi connectivity index (χ3v) is 5.23. The number of hydrogen-bond donors (Lipinski definition) is 0. The van der Waals surface area contributed by atoms with Crippen LogP contribution in [-0.4, -0.2) is 0 Å². The van der Waals surface area contributed by atoms with Gasteiger partial charge >= 0.3 is 0 Å². The van der Waals surface area contributed by atoms with Crippen LogP contribution in [0.4, 0.5) is 0 Å². The zero-order valence-corrected chi connectivity index (χ0v) is 18.2. The third-order valence-electron chi connectivity index (χ3n) is 5.23. The van der Waals surface area contributed by atoms with E-state index in [1.54, 1.807) is 0 Å². The molecule has 34 heavy (non-hydrogen) atoms. The zero-order chi connectivity index (χ0) is 23.6. The van der Waals surface area contributed by atoms with E-state index in [0.717, 1.165) is 22.3 Å². The number of allylic oxidation sites excluding steroid dienone is 2. The monoisotopic (exact) mass is 440 g/mol. The molecule has 0 heterocycles. The van der Waals surface area contributed by atoms with Gasteiger partial charge in [0, 0.05) is 21.0 Å². The summed E-state index contributed by atoms with van der Waals surface area (Å²) in [6.45, 7) is 0. The van der Waals surface area contributed by atoms with Crippen molar-refractivity contribution >= 4 is 22.5 Å². The minimum Gasteiger partial charge on any atom is -0.0622 e. The molecular formula is C28H20N6. The Morgan fingerprint density at radius 3 is 0.941 bits per heavy atom. The molecule has 0 aromatic heterocycles. The van der Waals surface area contributed by atoms with Crippen LogP contribution in [0.5, 0.6) is 0 Å². The van der Waals surface area contributed by atoms with E-state index in [2.05, 4.69) is 20.1 Å². The van der Waals surface area contributed by atoms with E-state index in [1.807, 2.05) is 121 Å². The van der Waals surface area contributed by atoms with Crippen molar-refractivity contribution in [2.75, 3.05) is 0 Å². The summed E-state index contributed by atoms with van der Waals surface area (Å²) in [5.41, 5.74) is 24.4. The van der Waals surface area contributed by atoms with Gasteiger partial charge in [0.05, 0.1) is 11.4 Å². The van der Waals surface area contributed by atoms with Crippen molar-refractivity contribution in [3.05, 3.63) is 164 Å². The smallest absolute Gasteiger partial charge is 0.0532 e. The second-order valence-electron chi connectivity index (χ2n) is 7.29. The van der Waals surface area contributed by atoms with Crippen molar-refractivity contribution in [2.45, 2.75) is 0 Å². The van der Waals surface area contributed by atoms with Crippen LogP contribution in [-0.2, 0) is 0 Å². The van der Waals surface area contributed by atoms with E-state index in [9.17, 15) is 11.1 Å². The maximum atomic E-state index is 9.53. The van der Waals surface area contributed by atoms with Gasteiger partial charge in [-0.15, -0.1) is 0 Å². The highest BCUT2D eigenvalue weighted by atomic mass is 15.1. The lowest BCUT2D eigenvalue weighted by molar-refractivity contribution is 1.44. The molecule has 4 rings (SSSR count). The van der Waals surface area contributed by atoms with Crippen molar-refractivity contribution in [1.29, 1.82) is 0 Å². The number of hydrogen-bond acceptors (Lipinski definition) is 2. The number of benzene rings is 4. The summed E-state index contributed by atoms with van der Waals surface area (Å²) >= 11 is 0. The summed E-state index contributed by atoms with van der Waals surface area (Å²) in [5.74, 6) is 0. The number of nitrogens with zero attached hydrogens (tertiary/aromatic N) is 6. The van der Waals surface area contributed by atoms with Gasteiger partial charge in [-0.1, -0.05) is 132 Å². The fourth-order valence-corrected chi connectivity index (χ4v) is 3.79. The first-order valence-corrected chi connectivity index (χ1v) is 10.6. The lowest BCUT2D eigenvalue weighted by Gasteiger charge is -2.20. The highest BCUT2D eigenvalue weighted by Crippen LogP contribution is 2.43. The molecule has 0 aliphatic rings.